The third-order valence-corrected chi connectivity index (χ3v) is 5.79. The molecular weight excluding hydrogens is 276 g/mol. The summed E-state index contributed by atoms with van der Waals surface area (Å²) in [5.74, 6) is 0. The van der Waals surface area contributed by atoms with Gasteiger partial charge in [-0.3, -0.25) is 0 Å². The molecule has 1 fully saturated rings. The van der Waals surface area contributed by atoms with Gasteiger partial charge < -0.3 is 10.4 Å². The summed E-state index contributed by atoms with van der Waals surface area (Å²) >= 11 is 0. The largest absolute Gasteiger partial charge is 0.393 e. The van der Waals surface area contributed by atoms with Crippen LogP contribution in [0.1, 0.15) is 31.4 Å². The zero-order valence-electron chi connectivity index (χ0n) is 11.9. The number of hydrogen-bond donors (Lipinski definition) is 2. The molecule has 1 aliphatic rings. The monoisotopic (exact) mass is 298 g/mol. The van der Waals surface area contributed by atoms with Gasteiger partial charge in [0.05, 0.1) is 11.0 Å². The van der Waals surface area contributed by atoms with E-state index in [9.17, 15) is 13.5 Å². The van der Waals surface area contributed by atoms with Gasteiger partial charge in [0.25, 0.3) is 0 Å². The Bertz CT molecular complexity index is 534. The number of aliphatic hydroxyl groups is 1. The van der Waals surface area contributed by atoms with E-state index in [4.69, 9.17) is 0 Å². The molecule has 5 nitrogen and oxygen atoms in total. The molecule has 2 rings (SSSR count). The lowest BCUT2D eigenvalue weighted by Crippen LogP contribution is -2.39. The second-order valence-electron chi connectivity index (χ2n) is 5.21. The molecule has 112 valence electrons. The van der Waals surface area contributed by atoms with Crippen molar-refractivity contribution in [1.29, 1.82) is 0 Å². The predicted octanol–water partition coefficient (Wildman–Crippen LogP) is 1.11. The van der Waals surface area contributed by atoms with Gasteiger partial charge >= 0.3 is 0 Å². The van der Waals surface area contributed by atoms with Crippen molar-refractivity contribution in [3.63, 3.8) is 0 Å². The van der Waals surface area contributed by atoms with Crippen LogP contribution >= 0.6 is 0 Å². The molecule has 0 radical (unpaired) electrons. The normalized spacial score (nSPS) is 19.9. The van der Waals surface area contributed by atoms with E-state index in [1.54, 1.807) is 12.1 Å². The van der Waals surface area contributed by atoms with Gasteiger partial charge in [0.2, 0.25) is 10.0 Å². The van der Waals surface area contributed by atoms with Crippen LogP contribution < -0.4 is 5.32 Å². The summed E-state index contributed by atoms with van der Waals surface area (Å²) in [5, 5.41) is 12.6. The maximum atomic E-state index is 12.5. The second kappa shape index (κ2) is 6.22. The van der Waals surface area contributed by atoms with Crippen molar-refractivity contribution in [3.8, 4) is 0 Å². The molecule has 0 bridgehead atoms. The average Bonchev–Trinajstić information content (AvgIpc) is 2.47. The minimum atomic E-state index is -3.43. The lowest BCUT2D eigenvalue weighted by Gasteiger charge is -2.28. The van der Waals surface area contributed by atoms with E-state index in [0.717, 1.165) is 5.56 Å². The molecule has 1 aliphatic heterocycles. The quantitative estimate of drug-likeness (QED) is 0.874. The van der Waals surface area contributed by atoms with Crippen LogP contribution in [0.2, 0.25) is 0 Å². The number of piperidine rings is 1. The molecule has 0 saturated carbocycles. The number of rotatable bonds is 4. The molecule has 1 unspecified atom stereocenters. The van der Waals surface area contributed by atoms with E-state index in [0.29, 0.717) is 30.8 Å². The molecule has 1 aromatic rings. The van der Waals surface area contributed by atoms with E-state index in [2.05, 4.69) is 5.32 Å². The van der Waals surface area contributed by atoms with Crippen LogP contribution in [0.3, 0.4) is 0 Å². The predicted molar refractivity (Wildman–Crippen MR) is 77.9 cm³/mol. The average molecular weight is 298 g/mol. The van der Waals surface area contributed by atoms with Crippen molar-refractivity contribution in [1.82, 2.24) is 9.62 Å². The molecule has 1 aromatic carbocycles. The van der Waals surface area contributed by atoms with Crippen molar-refractivity contribution in [2.24, 2.45) is 0 Å². The first-order chi connectivity index (χ1) is 9.45. The Morgan fingerprint density at radius 3 is 2.30 bits per heavy atom. The highest BCUT2D eigenvalue weighted by Gasteiger charge is 2.28. The van der Waals surface area contributed by atoms with Gasteiger partial charge in [-0.1, -0.05) is 12.1 Å². The van der Waals surface area contributed by atoms with Gasteiger partial charge in [-0.15, -0.1) is 0 Å². The van der Waals surface area contributed by atoms with E-state index >= 15 is 0 Å². The van der Waals surface area contributed by atoms with Crippen LogP contribution in [0.5, 0.6) is 0 Å². The van der Waals surface area contributed by atoms with Crippen LogP contribution in [0.15, 0.2) is 29.2 Å². The van der Waals surface area contributed by atoms with Gasteiger partial charge in [-0.25, -0.2) is 8.42 Å². The van der Waals surface area contributed by atoms with Gasteiger partial charge in [0.15, 0.2) is 0 Å². The molecule has 1 atom stereocenters. The first-order valence-corrected chi connectivity index (χ1v) is 8.34. The van der Waals surface area contributed by atoms with E-state index < -0.39 is 10.0 Å². The van der Waals surface area contributed by atoms with E-state index in [1.165, 1.54) is 4.31 Å². The molecule has 2 N–H and O–H groups in total. The minimum absolute atomic E-state index is 0.192. The lowest BCUT2D eigenvalue weighted by molar-refractivity contribution is 0.113. The zero-order valence-corrected chi connectivity index (χ0v) is 12.7. The molecule has 0 aromatic heterocycles. The summed E-state index contributed by atoms with van der Waals surface area (Å²) in [5.41, 5.74) is 1.06. The standard InChI is InChI=1S/C14H22N2O3S/c1-11(15-2)12-3-5-14(6-4-12)20(18,19)16-9-7-13(17)8-10-16/h3-6,11,13,15,17H,7-10H2,1-2H3. The van der Waals surface area contributed by atoms with Crippen molar-refractivity contribution in [2.45, 2.75) is 36.8 Å². The number of hydrogen-bond acceptors (Lipinski definition) is 4. The molecule has 1 heterocycles. The number of benzene rings is 1. The molecule has 0 aliphatic carbocycles. The second-order valence-corrected chi connectivity index (χ2v) is 7.15. The maximum Gasteiger partial charge on any atom is 0.243 e. The highest BCUT2D eigenvalue weighted by atomic mass is 32.2. The van der Waals surface area contributed by atoms with Gasteiger partial charge in [-0.05, 0) is 44.5 Å². The Labute approximate surface area is 120 Å². The molecule has 0 spiro atoms. The van der Waals surface area contributed by atoms with Gasteiger partial charge in [-0.2, -0.15) is 4.31 Å². The summed E-state index contributed by atoms with van der Waals surface area (Å²) in [6, 6.07) is 7.18. The number of sulfonamides is 1. The summed E-state index contributed by atoms with van der Waals surface area (Å²) in [6.45, 7) is 2.80. The third kappa shape index (κ3) is 3.20. The van der Waals surface area contributed by atoms with E-state index in [-0.39, 0.29) is 12.1 Å². The fourth-order valence-electron chi connectivity index (χ4n) is 2.33. The van der Waals surface area contributed by atoms with Crippen LogP contribution in [0.4, 0.5) is 0 Å². The van der Waals surface area contributed by atoms with Crippen molar-refractivity contribution >= 4 is 10.0 Å². The Balaban J connectivity index is 2.17. The van der Waals surface area contributed by atoms with Crippen molar-refractivity contribution < 1.29 is 13.5 Å². The first-order valence-electron chi connectivity index (χ1n) is 6.90. The summed E-state index contributed by atoms with van der Waals surface area (Å²) in [7, 11) is -1.56. The molecular formula is C14H22N2O3S. The van der Waals surface area contributed by atoms with Gasteiger partial charge in [0, 0.05) is 19.1 Å². The Kier molecular flexibility index (Phi) is 4.80. The van der Waals surface area contributed by atoms with Crippen LogP contribution in [-0.4, -0.2) is 44.1 Å². The zero-order chi connectivity index (χ0) is 14.8. The van der Waals surface area contributed by atoms with E-state index in [1.807, 2.05) is 26.1 Å². The lowest BCUT2D eigenvalue weighted by atomic mass is 10.1. The van der Waals surface area contributed by atoms with Crippen molar-refractivity contribution in [2.75, 3.05) is 20.1 Å². The third-order valence-electron chi connectivity index (χ3n) is 3.87. The molecule has 1 saturated heterocycles. The first kappa shape index (κ1) is 15.4. The van der Waals surface area contributed by atoms with Crippen molar-refractivity contribution in [3.05, 3.63) is 29.8 Å². The summed E-state index contributed by atoms with van der Waals surface area (Å²) in [6.07, 6.45) is 0.641. The fraction of sp³-hybridized carbons (Fsp3) is 0.571. The highest BCUT2D eigenvalue weighted by Crippen LogP contribution is 2.22. The van der Waals surface area contributed by atoms with Crippen LogP contribution in [-0.2, 0) is 10.0 Å². The minimum Gasteiger partial charge on any atom is -0.393 e. The summed E-state index contributed by atoms with van der Waals surface area (Å²) in [4.78, 5) is 0.320. The topological polar surface area (TPSA) is 69.6 Å². The summed E-state index contributed by atoms with van der Waals surface area (Å²) < 4.78 is 26.4. The molecule has 20 heavy (non-hydrogen) atoms. The number of aliphatic hydroxyl groups excluding tert-OH is 1. The fourth-order valence-corrected chi connectivity index (χ4v) is 3.80. The number of nitrogens with one attached hydrogen (secondary N) is 1. The van der Waals surface area contributed by atoms with Crippen LogP contribution in [0, 0.1) is 0 Å². The Hall–Kier alpha value is -0.950. The van der Waals surface area contributed by atoms with Crippen LogP contribution in [0.25, 0.3) is 0 Å². The molecule has 6 heteroatoms. The SMILES string of the molecule is CNC(C)c1ccc(S(=O)(=O)N2CCC(O)CC2)cc1. The molecule has 0 amide bonds. The maximum absolute atomic E-state index is 12.5. The van der Waals surface area contributed by atoms with Gasteiger partial charge in [0.1, 0.15) is 0 Å². The Morgan fingerprint density at radius 1 is 1.25 bits per heavy atom. The smallest absolute Gasteiger partial charge is 0.243 e. The Morgan fingerprint density at radius 2 is 1.80 bits per heavy atom. The highest BCUT2D eigenvalue weighted by molar-refractivity contribution is 7.89. The number of nitrogens with zero attached hydrogens (tertiary/aromatic N) is 1.